The van der Waals surface area contributed by atoms with Gasteiger partial charge in [-0.15, -0.1) is 0 Å². The molecular weight excluding hydrogens is 307 g/mol. The Morgan fingerprint density at radius 2 is 2.05 bits per heavy atom. The van der Waals surface area contributed by atoms with E-state index in [-0.39, 0.29) is 5.82 Å². The summed E-state index contributed by atoms with van der Waals surface area (Å²) in [5.41, 5.74) is 2.32. The van der Waals surface area contributed by atoms with Crippen LogP contribution in [-0.2, 0) is 6.42 Å². The van der Waals surface area contributed by atoms with Crippen molar-refractivity contribution < 1.29 is 4.39 Å². The largest absolute Gasteiger partial charge is 0.384 e. The zero-order valence-corrected chi connectivity index (χ0v) is 11.7. The molecule has 0 radical (unpaired) electrons. The quantitative estimate of drug-likeness (QED) is 0.920. The van der Waals surface area contributed by atoms with Gasteiger partial charge in [-0.3, -0.25) is 0 Å². The van der Waals surface area contributed by atoms with Gasteiger partial charge >= 0.3 is 0 Å². The molecular formula is C15H12BrFN2. The van der Waals surface area contributed by atoms with Gasteiger partial charge in [-0.05, 0) is 42.3 Å². The molecule has 0 atom stereocenters. The van der Waals surface area contributed by atoms with Crippen LogP contribution in [0, 0.1) is 17.1 Å². The van der Waals surface area contributed by atoms with Crippen LogP contribution < -0.4 is 5.32 Å². The Labute approximate surface area is 120 Å². The first-order valence-corrected chi connectivity index (χ1v) is 6.66. The monoisotopic (exact) mass is 318 g/mol. The number of nitriles is 1. The molecule has 0 spiro atoms. The second kappa shape index (κ2) is 6.35. The van der Waals surface area contributed by atoms with Gasteiger partial charge in [-0.2, -0.15) is 5.26 Å². The van der Waals surface area contributed by atoms with Gasteiger partial charge in [-0.25, -0.2) is 4.39 Å². The van der Waals surface area contributed by atoms with E-state index in [1.54, 1.807) is 12.1 Å². The number of hydrogen-bond donors (Lipinski definition) is 1. The Bertz CT molecular complexity index is 620. The van der Waals surface area contributed by atoms with Gasteiger partial charge in [0.05, 0.1) is 11.3 Å². The number of nitrogens with one attached hydrogen (secondary N) is 1. The lowest BCUT2D eigenvalue weighted by atomic mass is 10.1. The summed E-state index contributed by atoms with van der Waals surface area (Å²) in [6.45, 7) is 0.647. The van der Waals surface area contributed by atoms with Crippen molar-refractivity contribution in [1.29, 1.82) is 5.26 Å². The van der Waals surface area contributed by atoms with E-state index in [2.05, 4.69) is 27.3 Å². The molecule has 2 aromatic rings. The first kappa shape index (κ1) is 13.6. The molecule has 0 amide bonds. The minimum absolute atomic E-state index is 0.224. The number of hydrogen-bond acceptors (Lipinski definition) is 2. The van der Waals surface area contributed by atoms with Crippen LogP contribution in [-0.4, -0.2) is 6.54 Å². The molecule has 0 fully saturated rings. The Morgan fingerprint density at radius 1 is 1.21 bits per heavy atom. The van der Waals surface area contributed by atoms with E-state index >= 15 is 0 Å². The molecule has 0 aliphatic rings. The van der Waals surface area contributed by atoms with Gasteiger partial charge < -0.3 is 5.32 Å². The molecule has 0 saturated carbocycles. The average Bonchev–Trinajstić information content (AvgIpc) is 2.39. The molecule has 1 N–H and O–H groups in total. The zero-order chi connectivity index (χ0) is 13.7. The number of nitrogens with zero attached hydrogens (tertiary/aromatic N) is 1. The van der Waals surface area contributed by atoms with Crippen LogP contribution in [0.4, 0.5) is 10.1 Å². The van der Waals surface area contributed by atoms with Crippen molar-refractivity contribution in [2.24, 2.45) is 0 Å². The Balaban J connectivity index is 2.00. The normalized spacial score (nSPS) is 9.95. The average molecular weight is 319 g/mol. The van der Waals surface area contributed by atoms with Crippen LogP contribution in [0.3, 0.4) is 0 Å². The number of rotatable bonds is 4. The summed E-state index contributed by atoms with van der Waals surface area (Å²) in [7, 11) is 0. The standard InChI is InChI=1S/C15H12BrFN2/c16-13-5-4-12(10-18)15(9-13)19-7-6-11-2-1-3-14(17)8-11/h1-5,8-9,19H,6-7H2. The van der Waals surface area contributed by atoms with E-state index in [9.17, 15) is 4.39 Å². The Morgan fingerprint density at radius 3 is 2.79 bits per heavy atom. The van der Waals surface area contributed by atoms with Crippen LogP contribution in [0.1, 0.15) is 11.1 Å². The first-order valence-electron chi connectivity index (χ1n) is 5.87. The summed E-state index contributed by atoms with van der Waals surface area (Å²) in [5.74, 6) is -0.224. The molecule has 0 bridgehead atoms. The Hall–Kier alpha value is -1.86. The van der Waals surface area contributed by atoms with E-state index in [1.165, 1.54) is 12.1 Å². The first-order chi connectivity index (χ1) is 9.19. The molecule has 0 aliphatic carbocycles. The van der Waals surface area contributed by atoms with Gasteiger partial charge in [0, 0.05) is 11.0 Å². The summed E-state index contributed by atoms with van der Waals surface area (Å²) in [5, 5.41) is 12.2. The molecule has 2 rings (SSSR count). The van der Waals surface area contributed by atoms with Gasteiger partial charge in [-0.1, -0.05) is 28.1 Å². The maximum absolute atomic E-state index is 13.0. The van der Waals surface area contributed by atoms with Gasteiger partial charge in [0.2, 0.25) is 0 Å². The van der Waals surface area contributed by atoms with Crippen molar-refractivity contribution in [3.8, 4) is 6.07 Å². The summed E-state index contributed by atoms with van der Waals surface area (Å²) in [6, 6.07) is 14.1. The highest BCUT2D eigenvalue weighted by Gasteiger charge is 2.02. The molecule has 0 aliphatic heterocycles. The van der Waals surface area contributed by atoms with Crippen molar-refractivity contribution in [3.05, 3.63) is 63.9 Å². The van der Waals surface area contributed by atoms with Crippen molar-refractivity contribution in [2.45, 2.75) is 6.42 Å². The zero-order valence-electron chi connectivity index (χ0n) is 10.2. The smallest absolute Gasteiger partial charge is 0.123 e. The lowest BCUT2D eigenvalue weighted by molar-refractivity contribution is 0.625. The predicted octanol–water partition coefficient (Wildman–Crippen LogP) is 4.11. The summed E-state index contributed by atoms with van der Waals surface area (Å²) in [4.78, 5) is 0. The summed E-state index contributed by atoms with van der Waals surface area (Å²) in [6.07, 6.45) is 0.704. The van der Waals surface area contributed by atoms with Crippen molar-refractivity contribution in [3.63, 3.8) is 0 Å². The molecule has 4 heteroatoms. The van der Waals surface area contributed by atoms with E-state index < -0.39 is 0 Å². The highest BCUT2D eigenvalue weighted by atomic mass is 79.9. The van der Waals surface area contributed by atoms with Gasteiger partial charge in [0.25, 0.3) is 0 Å². The fourth-order valence-electron chi connectivity index (χ4n) is 1.79. The fourth-order valence-corrected chi connectivity index (χ4v) is 2.16. The highest BCUT2D eigenvalue weighted by Crippen LogP contribution is 2.20. The van der Waals surface area contributed by atoms with Crippen molar-refractivity contribution >= 4 is 21.6 Å². The molecule has 0 heterocycles. The minimum atomic E-state index is -0.224. The minimum Gasteiger partial charge on any atom is -0.384 e. The maximum atomic E-state index is 13.0. The SMILES string of the molecule is N#Cc1ccc(Br)cc1NCCc1cccc(F)c1. The summed E-state index contributed by atoms with van der Waals surface area (Å²) >= 11 is 3.37. The molecule has 19 heavy (non-hydrogen) atoms. The lowest BCUT2D eigenvalue weighted by Gasteiger charge is -2.08. The fraction of sp³-hybridized carbons (Fsp3) is 0.133. The second-order valence-corrected chi connectivity index (χ2v) is 5.02. The third-order valence-corrected chi connectivity index (χ3v) is 3.21. The van der Waals surface area contributed by atoms with E-state index in [0.29, 0.717) is 18.5 Å². The van der Waals surface area contributed by atoms with Crippen molar-refractivity contribution in [1.82, 2.24) is 0 Å². The van der Waals surface area contributed by atoms with Crippen LogP contribution in [0.25, 0.3) is 0 Å². The predicted molar refractivity (Wildman–Crippen MR) is 77.5 cm³/mol. The molecule has 0 aromatic heterocycles. The van der Waals surface area contributed by atoms with Crippen molar-refractivity contribution in [2.75, 3.05) is 11.9 Å². The number of halogens is 2. The number of benzene rings is 2. The molecule has 0 saturated heterocycles. The van der Waals surface area contributed by atoms with E-state index in [0.717, 1.165) is 15.7 Å². The third kappa shape index (κ3) is 3.80. The molecule has 0 unspecified atom stereocenters. The lowest BCUT2D eigenvalue weighted by Crippen LogP contribution is -2.06. The van der Waals surface area contributed by atoms with E-state index in [4.69, 9.17) is 5.26 Å². The Kier molecular flexibility index (Phi) is 4.53. The molecule has 2 aromatic carbocycles. The molecule has 2 nitrogen and oxygen atoms in total. The topological polar surface area (TPSA) is 35.8 Å². The van der Waals surface area contributed by atoms with Crippen LogP contribution >= 0.6 is 15.9 Å². The van der Waals surface area contributed by atoms with Gasteiger partial charge in [0.15, 0.2) is 0 Å². The van der Waals surface area contributed by atoms with Crippen LogP contribution in [0.5, 0.6) is 0 Å². The second-order valence-electron chi connectivity index (χ2n) is 4.11. The van der Waals surface area contributed by atoms with Gasteiger partial charge in [0.1, 0.15) is 11.9 Å². The number of anilines is 1. The maximum Gasteiger partial charge on any atom is 0.123 e. The summed E-state index contributed by atoms with van der Waals surface area (Å²) < 4.78 is 13.9. The third-order valence-electron chi connectivity index (χ3n) is 2.72. The molecule has 96 valence electrons. The highest BCUT2D eigenvalue weighted by molar-refractivity contribution is 9.10. The van der Waals surface area contributed by atoms with Crippen LogP contribution in [0.2, 0.25) is 0 Å². The van der Waals surface area contributed by atoms with E-state index in [1.807, 2.05) is 18.2 Å². The van der Waals surface area contributed by atoms with Crippen LogP contribution in [0.15, 0.2) is 46.9 Å².